The summed E-state index contributed by atoms with van der Waals surface area (Å²) in [6, 6.07) is 7.34. The maximum atomic E-state index is 11.5. The molecular formula is C24H26ClN7O2. The van der Waals surface area contributed by atoms with Gasteiger partial charge in [0.2, 0.25) is 5.95 Å². The number of hydrogen-bond acceptors (Lipinski definition) is 6. The van der Waals surface area contributed by atoms with Crippen LogP contribution in [0.3, 0.4) is 0 Å². The fourth-order valence-electron chi connectivity index (χ4n) is 4.55. The van der Waals surface area contributed by atoms with Gasteiger partial charge in [0.25, 0.3) is 0 Å². The Morgan fingerprint density at radius 1 is 1.29 bits per heavy atom. The number of aryl methyl sites for hydroxylation is 2. The Balaban J connectivity index is 1.37. The van der Waals surface area contributed by atoms with E-state index in [1.807, 2.05) is 50.2 Å². The largest absolute Gasteiger partial charge is 0.480 e. The summed E-state index contributed by atoms with van der Waals surface area (Å²) in [6.45, 7) is 5.25. The van der Waals surface area contributed by atoms with Crippen molar-refractivity contribution in [3.63, 3.8) is 0 Å². The third kappa shape index (κ3) is 4.01. The summed E-state index contributed by atoms with van der Waals surface area (Å²) >= 11 is 6.50. The lowest BCUT2D eigenvalue weighted by Crippen LogP contribution is -2.35. The van der Waals surface area contributed by atoms with E-state index in [4.69, 9.17) is 11.6 Å². The number of carboxylic acid groups (broad SMARTS) is 1. The van der Waals surface area contributed by atoms with Crippen LogP contribution in [0, 0.1) is 13.8 Å². The zero-order chi connectivity index (χ0) is 24.0. The van der Waals surface area contributed by atoms with E-state index in [-0.39, 0.29) is 0 Å². The summed E-state index contributed by atoms with van der Waals surface area (Å²) < 4.78 is 3.78. The SMILES string of the molecule is Cc1nn(-c2ccnc(Nc3ccc4c(c3)c(Cl)c(C)n4C)n2)cc1CN1CCCC1C(=O)O. The van der Waals surface area contributed by atoms with E-state index in [2.05, 4.69) is 25.0 Å². The predicted octanol–water partition coefficient (Wildman–Crippen LogP) is 4.22. The second kappa shape index (κ2) is 8.73. The fourth-order valence-corrected chi connectivity index (χ4v) is 4.83. The maximum Gasteiger partial charge on any atom is 0.320 e. The molecular weight excluding hydrogens is 454 g/mol. The normalized spacial score (nSPS) is 16.4. The van der Waals surface area contributed by atoms with Crippen LogP contribution in [0.25, 0.3) is 16.7 Å². The Hall–Kier alpha value is -3.43. The minimum absolute atomic E-state index is 0.433. The number of likely N-dealkylation sites (tertiary alicyclic amines) is 1. The number of rotatable bonds is 6. The minimum Gasteiger partial charge on any atom is -0.480 e. The molecule has 1 aromatic carbocycles. The standard InChI is InChI=1S/C24H26ClN7O2/c1-14-16(12-31-10-4-5-20(31)23(33)34)13-32(29-14)21-8-9-26-24(28-21)27-17-6-7-19-18(11-17)22(25)15(2)30(19)3/h6-9,11,13,20H,4-5,10,12H2,1-3H3,(H,33,34)(H,26,27,28). The van der Waals surface area contributed by atoms with E-state index in [0.29, 0.717) is 24.7 Å². The van der Waals surface area contributed by atoms with Gasteiger partial charge in [-0.3, -0.25) is 9.69 Å². The molecule has 9 nitrogen and oxygen atoms in total. The maximum absolute atomic E-state index is 11.5. The number of halogens is 1. The Bertz CT molecular complexity index is 1390. The summed E-state index contributed by atoms with van der Waals surface area (Å²) in [5.74, 6) is 0.303. The van der Waals surface area contributed by atoms with E-state index in [0.717, 1.165) is 51.5 Å². The van der Waals surface area contributed by atoms with Crippen molar-refractivity contribution in [2.45, 2.75) is 39.3 Å². The molecule has 1 aliphatic rings. The average Bonchev–Trinajstić information content (AvgIpc) is 3.49. The monoisotopic (exact) mass is 479 g/mol. The Kier molecular flexibility index (Phi) is 5.75. The third-order valence-corrected chi connectivity index (χ3v) is 7.05. The van der Waals surface area contributed by atoms with Crippen molar-refractivity contribution in [2.75, 3.05) is 11.9 Å². The first-order valence-corrected chi connectivity index (χ1v) is 11.6. The molecule has 3 aromatic heterocycles. The molecule has 0 amide bonds. The molecule has 10 heteroatoms. The number of fused-ring (bicyclic) bond motifs is 1. The Morgan fingerprint density at radius 3 is 2.91 bits per heavy atom. The van der Waals surface area contributed by atoms with E-state index in [1.165, 1.54) is 0 Å². The van der Waals surface area contributed by atoms with Gasteiger partial charge in [0.15, 0.2) is 5.82 Å². The van der Waals surface area contributed by atoms with E-state index >= 15 is 0 Å². The first-order valence-electron chi connectivity index (χ1n) is 11.2. The van der Waals surface area contributed by atoms with E-state index in [1.54, 1.807) is 16.9 Å². The molecule has 4 heterocycles. The molecule has 1 unspecified atom stereocenters. The summed E-state index contributed by atoms with van der Waals surface area (Å²) in [7, 11) is 2.00. The summed E-state index contributed by atoms with van der Waals surface area (Å²) in [5, 5.41) is 19.0. The van der Waals surface area contributed by atoms with Crippen molar-refractivity contribution < 1.29 is 9.90 Å². The van der Waals surface area contributed by atoms with Crippen LogP contribution in [0.1, 0.15) is 29.8 Å². The first-order chi connectivity index (χ1) is 16.3. The second-order valence-corrected chi connectivity index (χ2v) is 9.08. The molecule has 4 aromatic rings. The highest BCUT2D eigenvalue weighted by Crippen LogP contribution is 2.32. The van der Waals surface area contributed by atoms with Gasteiger partial charge in [0.05, 0.1) is 10.7 Å². The van der Waals surface area contributed by atoms with Gasteiger partial charge in [0, 0.05) is 59.9 Å². The number of carbonyl (C=O) groups is 1. The van der Waals surface area contributed by atoms with Crippen LogP contribution in [-0.4, -0.2) is 52.9 Å². The number of hydrogen-bond donors (Lipinski definition) is 2. The zero-order valence-corrected chi connectivity index (χ0v) is 20.0. The number of anilines is 2. The molecule has 0 saturated carbocycles. The summed E-state index contributed by atoms with van der Waals surface area (Å²) in [6.07, 6.45) is 5.17. The number of nitrogens with one attached hydrogen (secondary N) is 1. The van der Waals surface area contributed by atoms with Gasteiger partial charge in [-0.2, -0.15) is 10.1 Å². The van der Waals surface area contributed by atoms with Gasteiger partial charge in [-0.15, -0.1) is 0 Å². The number of aliphatic carboxylic acids is 1. The highest BCUT2D eigenvalue weighted by atomic mass is 35.5. The lowest BCUT2D eigenvalue weighted by Gasteiger charge is -2.20. The second-order valence-electron chi connectivity index (χ2n) is 8.70. The third-order valence-electron chi connectivity index (χ3n) is 6.57. The van der Waals surface area contributed by atoms with Crippen LogP contribution in [0.5, 0.6) is 0 Å². The topological polar surface area (TPSA) is 101 Å². The molecule has 1 aliphatic heterocycles. The average molecular weight is 480 g/mol. The van der Waals surface area contributed by atoms with Gasteiger partial charge >= 0.3 is 5.97 Å². The Morgan fingerprint density at radius 2 is 2.12 bits per heavy atom. The number of nitrogens with zero attached hydrogens (tertiary/aromatic N) is 6. The molecule has 34 heavy (non-hydrogen) atoms. The first kappa shape index (κ1) is 22.4. The van der Waals surface area contributed by atoms with Crippen LogP contribution in [0.15, 0.2) is 36.7 Å². The van der Waals surface area contributed by atoms with Gasteiger partial charge in [-0.05, 0) is 51.4 Å². The molecule has 1 fully saturated rings. The van der Waals surface area contributed by atoms with Crippen LogP contribution >= 0.6 is 11.6 Å². The summed E-state index contributed by atoms with van der Waals surface area (Å²) in [5.41, 5.74) is 4.75. The molecule has 0 aliphatic carbocycles. The molecule has 1 saturated heterocycles. The molecule has 0 spiro atoms. The smallest absolute Gasteiger partial charge is 0.320 e. The molecule has 0 bridgehead atoms. The van der Waals surface area contributed by atoms with Gasteiger partial charge < -0.3 is 15.0 Å². The van der Waals surface area contributed by atoms with Crippen LogP contribution in [0.4, 0.5) is 11.6 Å². The van der Waals surface area contributed by atoms with Crippen molar-refractivity contribution >= 4 is 40.1 Å². The Labute approximate surface area is 202 Å². The van der Waals surface area contributed by atoms with Crippen molar-refractivity contribution in [3.05, 3.63) is 58.6 Å². The molecule has 176 valence electrons. The van der Waals surface area contributed by atoms with Crippen LogP contribution in [-0.2, 0) is 18.4 Å². The lowest BCUT2D eigenvalue weighted by molar-refractivity contribution is -0.142. The van der Waals surface area contributed by atoms with E-state index < -0.39 is 12.0 Å². The van der Waals surface area contributed by atoms with Gasteiger partial charge in [-0.25, -0.2) is 9.67 Å². The van der Waals surface area contributed by atoms with Crippen LogP contribution < -0.4 is 5.32 Å². The minimum atomic E-state index is -0.765. The van der Waals surface area contributed by atoms with Gasteiger partial charge in [0.1, 0.15) is 6.04 Å². The highest BCUT2D eigenvalue weighted by Gasteiger charge is 2.31. The number of carboxylic acids is 1. The van der Waals surface area contributed by atoms with E-state index in [9.17, 15) is 9.90 Å². The fraction of sp³-hybridized carbons (Fsp3) is 0.333. The molecule has 1 atom stereocenters. The molecule has 5 rings (SSSR count). The van der Waals surface area contributed by atoms with Gasteiger partial charge in [-0.1, -0.05) is 11.6 Å². The lowest BCUT2D eigenvalue weighted by atomic mass is 10.2. The van der Waals surface area contributed by atoms with Crippen molar-refractivity contribution in [3.8, 4) is 5.82 Å². The molecule has 0 radical (unpaired) electrons. The van der Waals surface area contributed by atoms with Crippen LogP contribution in [0.2, 0.25) is 5.02 Å². The predicted molar refractivity (Wildman–Crippen MR) is 131 cm³/mol. The number of benzene rings is 1. The molecule has 2 N–H and O–H groups in total. The quantitative estimate of drug-likeness (QED) is 0.427. The summed E-state index contributed by atoms with van der Waals surface area (Å²) in [4.78, 5) is 22.5. The highest BCUT2D eigenvalue weighted by molar-refractivity contribution is 6.36. The van der Waals surface area contributed by atoms with Crippen molar-refractivity contribution in [1.82, 2.24) is 29.2 Å². The van der Waals surface area contributed by atoms with Crippen molar-refractivity contribution in [1.29, 1.82) is 0 Å². The number of aromatic nitrogens is 5. The zero-order valence-electron chi connectivity index (χ0n) is 19.3. The van der Waals surface area contributed by atoms with Crippen molar-refractivity contribution in [2.24, 2.45) is 7.05 Å².